The minimum absolute atomic E-state index is 0.119. The molecular weight excluding hydrogens is 462 g/mol. The minimum Gasteiger partial charge on any atom is -0.396 e. The average Bonchev–Trinajstić information content (AvgIpc) is 3.30. The van der Waals surface area contributed by atoms with E-state index >= 15 is 0 Å². The Bertz CT molecular complexity index is 1310. The summed E-state index contributed by atoms with van der Waals surface area (Å²) in [5.74, 6) is 0.0858. The van der Waals surface area contributed by atoms with E-state index in [1.54, 1.807) is 11.2 Å². The number of carbonyl (C=O) groups excluding carboxylic acids is 1. The Labute approximate surface area is 207 Å². The second kappa shape index (κ2) is 10.5. The Kier molecular flexibility index (Phi) is 7.64. The molecule has 0 radical (unpaired) electrons. The van der Waals surface area contributed by atoms with Crippen LogP contribution < -0.4 is 5.73 Å². The molecule has 1 aliphatic rings. The molecule has 188 valence electrons. The summed E-state index contributed by atoms with van der Waals surface area (Å²) in [5, 5.41) is 10.3. The van der Waals surface area contributed by atoms with Gasteiger partial charge in [-0.2, -0.15) is 0 Å². The fraction of sp³-hybridized carbons (Fsp3) is 0.444. The molecule has 2 aromatic carbocycles. The van der Waals surface area contributed by atoms with Crippen LogP contribution in [0.3, 0.4) is 0 Å². The van der Waals surface area contributed by atoms with E-state index in [2.05, 4.69) is 23.2 Å². The van der Waals surface area contributed by atoms with Gasteiger partial charge in [-0.15, -0.1) is 0 Å². The first-order chi connectivity index (χ1) is 16.7. The van der Waals surface area contributed by atoms with Gasteiger partial charge >= 0.3 is 0 Å². The number of hydrogen-bond acceptors (Lipinski definition) is 4. The summed E-state index contributed by atoms with van der Waals surface area (Å²) in [6.45, 7) is 4.90. The maximum Gasteiger partial charge on any atom is 0.250 e. The van der Waals surface area contributed by atoms with Gasteiger partial charge in [-0.25, -0.2) is 12.7 Å². The number of hydrogen-bond donors (Lipinski definition) is 3. The molecule has 4 rings (SSSR count). The number of rotatable bonds is 9. The number of aliphatic hydroxyl groups excluding tert-OH is 1. The number of amides is 1. The van der Waals surface area contributed by atoms with Crippen LogP contribution in [0.4, 0.5) is 0 Å². The first-order valence-corrected chi connectivity index (χ1v) is 14.0. The number of piperidine rings is 1. The number of sulfonamides is 1. The molecule has 3 aromatic rings. The van der Waals surface area contributed by atoms with Crippen molar-refractivity contribution in [3.8, 4) is 11.1 Å². The Hall–Kier alpha value is -2.68. The maximum atomic E-state index is 12.4. The molecule has 35 heavy (non-hydrogen) atoms. The lowest BCUT2D eigenvalue weighted by atomic mass is 9.88. The zero-order valence-corrected chi connectivity index (χ0v) is 21.3. The van der Waals surface area contributed by atoms with Crippen molar-refractivity contribution in [1.82, 2.24) is 9.29 Å². The van der Waals surface area contributed by atoms with Gasteiger partial charge in [-0.05, 0) is 78.8 Å². The van der Waals surface area contributed by atoms with E-state index in [0.29, 0.717) is 18.7 Å². The molecule has 1 fully saturated rings. The second-order valence-corrected chi connectivity index (χ2v) is 11.9. The summed E-state index contributed by atoms with van der Waals surface area (Å²) < 4.78 is 26.1. The number of aryl methyl sites for hydroxylation is 1. The molecule has 1 aromatic heterocycles. The summed E-state index contributed by atoms with van der Waals surface area (Å²) in [5.41, 5.74) is 11.2. The number of nitrogens with two attached hydrogens (primary N) is 1. The minimum atomic E-state index is -3.18. The molecule has 1 aliphatic heterocycles. The van der Waals surface area contributed by atoms with Crippen LogP contribution in [0.15, 0.2) is 42.6 Å². The third-order valence-corrected chi connectivity index (χ3v) is 9.12. The van der Waals surface area contributed by atoms with Crippen LogP contribution in [0.25, 0.3) is 22.0 Å². The number of benzene rings is 2. The van der Waals surface area contributed by atoms with Gasteiger partial charge in [0, 0.05) is 31.3 Å². The van der Waals surface area contributed by atoms with Crippen LogP contribution in [0.2, 0.25) is 0 Å². The van der Waals surface area contributed by atoms with Gasteiger partial charge in [0.1, 0.15) is 0 Å². The molecule has 8 heteroatoms. The van der Waals surface area contributed by atoms with Crippen LogP contribution in [0.5, 0.6) is 0 Å². The van der Waals surface area contributed by atoms with Gasteiger partial charge in [0.05, 0.1) is 16.8 Å². The van der Waals surface area contributed by atoms with Crippen LogP contribution in [0, 0.1) is 5.92 Å². The zero-order chi connectivity index (χ0) is 25.2. The molecule has 4 N–H and O–H groups in total. The number of aromatic amines is 1. The number of aliphatic hydroxyl groups is 1. The maximum absolute atomic E-state index is 12.4. The molecule has 7 nitrogen and oxygen atoms in total. The molecule has 2 heterocycles. The first-order valence-electron chi connectivity index (χ1n) is 12.4. The fourth-order valence-electron chi connectivity index (χ4n) is 4.99. The third-order valence-electron chi connectivity index (χ3n) is 7.24. The topological polar surface area (TPSA) is 116 Å². The van der Waals surface area contributed by atoms with Crippen molar-refractivity contribution < 1.29 is 18.3 Å². The number of primary amides is 1. The van der Waals surface area contributed by atoms with Crippen LogP contribution in [-0.2, 0) is 16.4 Å². The van der Waals surface area contributed by atoms with Crippen molar-refractivity contribution in [2.45, 2.75) is 45.4 Å². The van der Waals surface area contributed by atoms with Gasteiger partial charge in [-0.3, -0.25) is 4.79 Å². The lowest BCUT2D eigenvalue weighted by Crippen LogP contribution is -2.38. The van der Waals surface area contributed by atoms with Crippen LogP contribution in [0.1, 0.15) is 60.5 Å². The molecule has 0 bridgehead atoms. The first kappa shape index (κ1) is 25.4. The van der Waals surface area contributed by atoms with Gasteiger partial charge in [-0.1, -0.05) is 31.2 Å². The van der Waals surface area contributed by atoms with Crippen molar-refractivity contribution >= 4 is 26.8 Å². The SMILES string of the molecule is CCS(=O)(=O)N1CCC(c2c[nH]c3c(C(N)=O)cc(-c4cccc(CCC(C)CO)c4)cc23)CC1. The van der Waals surface area contributed by atoms with E-state index in [-0.39, 0.29) is 24.2 Å². The van der Waals surface area contributed by atoms with Crippen molar-refractivity contribution in [2.24, 2.45) is 11.7 Å². The van der Waals surface area contributed by atoms with E-state index in [4.69, 9.17) is 5.73 Å². The second-order valence-electron chi connectivity index (χ2n) is 9.66. The van der Waals surface area contributed by atoms with Gasteiger partial charge in [0.2, 0.25) is 10.0 Å². The van der Waals surface area contributed by atoms with Crippen molar-refractivity contribution in [2.75, 3.05) is 25.4 Å². The summed E-state index contributed by atoms with van der Waals surface area (Å²) in [7, 11) is -3.18. The largest absolute Gasteiger partial charge is 0.396 e. The highest BCUT2D eigenvalue weighted by Crippen LogP contribution is 2.37. The highest BCUT2D eigenvalue weighted by Gasteiger charge is 2.29. The van der Waals surface area contributed by atoms with Gasteiger partial charge < -0.3 is 15.8 Å². The Balaban J connectivity index is 1.68. The number of aromatic nitrogens is 1. The molecule has 1 atom stereocenters. The van der Waals surface area contributed by atoms with Crippen molar-refractivity contribution in [3.05, 3.63) is 59.3 Å². The molecule has 1 saturated heterocycles. The van der Waals surface area contributed by atoms with E-state index in [0.717, 1.165) is 53.3 Å². The monoisotopic (exact) mass is 497 g/mol. The summed E-state index contributed by atoms with van der Waals surface area (Å²) >= 11 is 0. The number of nitrogens with one attached hydrogen (secondary N) is 1. The summed E-state index contributed by atoms with van der Waals surface area (Å²) in [6.07, 6.45) is 5.19. The molecular formula is C27H35N3O4S. The third kappa shape index (κ3) is 5.44. The van der Waals surface area contributed by atoms with E-state index in [1.807, 2.05) is 31.3 Å². The molecule has 1 amide bonds. The normalized spacial score (nSPS) is 16.5. The fourth-order valence-corrected chi connectivity index (χ4v) is 6.12. The number of H-pyrrole nitrogens is 1. The number of carbonyl (C=O) groups is 1. The van der Waals surface area contributed by atoms with Crippen LogP contribution >= 0.6 is 0 Å². The lowest BCUT2D eigenvalue weighted by molar-refractivity contribution is 0.100. The van der Waals surface area contributed by atoms with E-state index in [9.17, 15) is 18.3 Å². The van der Waals surface area contributed by atoms with E-state index < -0.39 is 15.9 Å². The lowest BCUT2D eigenvalue weighted by Gasteiger charge is -2.31. The van der Waals surface area contributed by atoms with Gasteiger partial charge in [0.25, 0.3) is 5.91 Å². The predicted octanol–water partition coefficient (Wildman–Crippen LogP) is 4.02. The Morgan fingerprint density at radius 1 is 1.20 bits per heavy atom. The van der Waals surface area contributed by atoms with Crippen LogP contribution in [-0.4, -0.2) is 54.2 Å². The molecule has 0 aliphatic carbocycles. The van der Waals surface area contributed by atoms with Crippen molar-refractivity contribution in [3.63, 3.8) is 0 Å². The highest BCUT2D eigenvalue weighted by molar-refractivity contribution is 7.89. The smallest absolute Gasteiger partial charge is 0.250 e. The zero-order valence-electron chi connectivity index (χ0n) is 20.5. The summed E-state index contributed by atoms with van der Waals surface area (Å²) in [4.78, 5) is 15.6. The number of fused-ring (bicyclic) bond motifs is 1. The Morgan fingerprint density at radius 2 is 1.94 bits per heavy atom. The van der Waals surface area contributed by atoms with Gasteiger partial charge in [0.15, 0.2) is 0 Å². The average molecular weight is 498 g/mol. The predicted molar refractivity (Wildman–Crippen MR) is 140 cm³/mol. The molecule has 0 saturated carbocycles. The van der Waals surface area contributed by atoms with E-state index in [1.165, 1.54) is 5.56 Å². The summed E-state index contributed by atoms with van der Waals surface area (Å²) in [6, 6.07) is 12.2. The standard InChI is InChI=1S/C27H35N3O4S/c1-3-35(33,34)30-11-9-20(10-12-30)25-16-29-26-23(25)14-22(15-24(26)27(28)32)21-6-4-5-19(13-21)8-7-18(2)17-31/h4-6,13-16,18,20,29,31H,3,7-12,17H2,1-2H3,(H2,28,32). The molecule has 0 spiro atoms. The number of nitrogens with zero attached hydrogens (tertiary/aromatic N) is 1. The highest BCUT2D eigenvalue weighted by atomic mass is 32.2. The Morgan fingerprint density at radius 3 is 2.60 bits per heavy atom. The van der Waals surface area contributed by atoms with Crippen molar-refractivity contribution in [1.29, 1.82) is 0 Å². The quantitative estimate of drug-likeness (QED) is 0.414. The molecule has 1 unspecified atom stereocenters.